The van der Waals surface area contributed by atoms with Gasteiger partial charge in [0, 0.05) is 31.9 Å². The molecule has 1 atom stereocenters. The van der Waals surface area contributed by atoms with Crippen molar-refractivity contribution < 1.29 is 0 Å². The number of rotatable bonds is 3. The molecule has 4 nitrogen and oxygen atoms in total. The monoisotopic (exact) mass is 398 g/mol. The molecule has 2 saturated heterocycles. The molecular weight excluding hydrogens is 358 g/mol. The molecule has 4 heteroatoms. The van der Waals surface area contributed by atoms with Gasteiger partial charge in [-0.1, -0.05) is 39.0 Å². The molecule has 0 bridgehead atoms. The molecule has 29 heavy (non-hydrogen) atoms. The lowest BCUT2D eigenvalue weighted by Gasteiger charge is -2.49. The van der Waals surface area contributed by atoms with Crippen LogP contribution in [0.15, 0.2) is 24.3 Å². The van der Waals surface area contributed by atoms with E-state index in [2.05, 4.69) is 54.8 Å². The average Bonchev–Trinajstić information content (AvgIpc) is 2.74. The summed E-state index contributed by atoms with van der Waals surface area (Å²) in [4.78, 5) is 5.01. The van der Waals surface area contributed by atoms with Gasteiger partial charge in [0.25, 0.3) is 0 Å². The van der Waals surface area contributed by atoms with Gasteiger partial charge in [-0.3, -0.25) is 4.90 Å². The zero-order valence-corrected chi connectivity index (χ0v) is 18.8. The number of para-hydroxylation sites is 1. The second kappa shape index (κ2) is 8.95. The van der Waals surface area contributed by atoms with Crippen LogP contribution in [0.25, 0.3) is 0 Å². The summed E-state index contributed by atoms with van der Waals surface area (Å²) in [5.41, 5.74) is 3.46. The summed E-state index contributed by atoms with van der Waals surface area (Å²) in [7, 11) is 0. The van der Waals surface area contributed by atoms with Crippen molar-refractivity contribution in [1.29, 1.82) is 0 Å². The lowest BCUT2D eigenvalue weighted by molar-refractivity contribution is 0.0426. The van der Waals surface area contributed by atoms with Gasteiger partial charge in [0.1, 0.15) is 0 Å². The molecule has 2 aliphatic heterocycles. The summed E-state index contributed by atoms with van der Waals surface area (Å²) in [6, 6.07) is 9.14. The first kappa shape index (κ1) is 21.1. The number of benzene rings is 1. The van der Waals surface area contributed by atoms with Crippen LogP contribution in [0, 0.1) is 16.5 Å². The molecule has 0 radical (unpaired) electrons. The molecule has 2 heterocycles. The van der Waals surface area contributed by atoms with Crippen molar-refractivity contribution in [2.75, 3.05) is 37.6 Å². The smallest absolute Gasteiger partial charge is 0.0509 e. The Morgan fingerprint density at radius 2 is 1.52 bits per heavy atom. The van der Waals surface area contributed by atoms with Gasteiger partial charge < -0.3 is 15.2 Å². The van der Waals surface area contributed by atoms with Crippen molar-refractivity contribution >= 4 is 5.69 Å². The maximum atomic E-state index is 12.3. The number of piperazine rings is 1. The first-order valence-electron chi connectivity index (χ1n) is 11.9. The van der Waals surface area contributed by atoms with Crippen LogP contribution in [0.4, 0.5) is 5.69 Å². The molecule has 1 saturated carbocycles. The molecule has 1 aliphatic carbocycles. The van der Waals surface area contributed by atoms with Crippen LogP contribution in [-0.4, -0.2) is 48.9 Å². The minimum Gasteiger partial charge on any atom is -0.784 e. The third-order valence-corrected chi connectivity index (χ3v) is 7.83. The maximum Gasteiger partial charge on any atom is 0.0509 e. The summed E-state index contributed by atoms with van der Waals surface area (Å²) >= 11 is 0. The molecule has 1 aromatic rings. The minimum absolute atomic E-state index is 0.119. The van der Waals surface area contributed by atoms with Crippen LogP contribution in [0.1, 0.15) is 77.2 Å². The topological polar surface area (TPSA) is 32.8 Å². The van der Waals surface area contributed by atoms with Crippen molar-refractivity contribution in [2.24, 2.45) is 11.3 Å². The summed E-state index contributed by atoms with van der Waals surface area (Å²) in [6.07, 6.45) is 8.78. The molecular formula is C25H40N3O-. The molecule has 1 unspecified atom stereocenters. The third-order valence-electron chi connectivity index (χ3n) is 7.83. The fraction of sp³-hybridized carbons (Fsp3) is 0.760. The lowest BCUT2D eigenvalue weighted by atomic mass is 9.68. The predicted molar refractivity (Wildman–Crippen MR) is 122 cm³/mol. The van der Waals surface area contributed by atoms with E-state index in [0.29, 0.717) is 17.9 Å². The summed E-state index contributed by atoms with van der Waals surface area (Å²) in [5.74, 6) is 1.57. The van der Waals surface area contributed by atoms with Crippen LogP contribution >= 0.6 is 0 Å². The van der Waals surface area contributed by atoms with Gasteiger partial charge in [0.2, 0.25) is 0 Å². The van der Waals surface area contributed by atoms with Gasteiger partial charge in [-0.15, -0.1) is 0 Å². The van der Waals surface area contributed by atoms with E-state index in [9.17, 15) is 5.21 Å². The van der Waals surface area contributed by atoms with E-state index in [0.717, 1.165) is 44.9 Å². The van der Waals surface area contributed by atoms with E-state index in [1.165, 1.54) is 42.9 Å². The van der Waals surface area contributed by atoms with Crippen LogP contribution < -0.4 is 4.90 Å². The third kappa shape index (κ3) is 4.81. The van der Waals surface area contributed by atoms with Crippen LogP contribution in [0.2, 0.25) is 0 Å². The standard InChI is InChI=1S/C25H40N3O/c1-25(2,3)21-13-11-20(12-14-21)22-8-4-5-9-23(22)26-16-18-27(19-17-26)24-10-6-7-15-28(24)29/h4-5,8-9,20-21,24H,6-7,10-19H2,1-3H3/q-1. The van der Waals surface area contributed by atoms with Gasteiger partial charge in [-0.2, -0.15) is 0 Å². The van der Waals surface area contributed by atoms with E-state index in [4.69, 9.17) is 0 Å². The van der Waals surface area contributed by atoms with Crippen molar-refractivity contribution in [2.45, 2.75) is 77.8 Å². The highest BCUT2D eigenvalue weighted by atomic mass is 16.5. The fourth-order valence-corrected chi connectivity index (χ4v) is 5.90. The zero-order chi connectivity index (χ0) is 20.4. The van der Waals surface area contributed by atoms with Gasteiger partial charge in [0.05, 0.1) is 6.17 Å². The lowest BCUT2D eigenvalue weighted by Crippen LogP contribution is -2.56. The van der Waals surface area contributed by atoms with E-state index >= 15 is 0 Å². The Hall–Kier alpha value is -1.10. The second-order valence-corrected chi connectivity index (χ2v) is 10.6. The van der Waals surface area contributed by atoms with Crippen molar-refractivity contribution in [1.82, 2.24) is 9.96 Å². The highest BCUT2D eigenvalue weighted by Crippen LogP contribution is 2.45. The molecule has 162 valence electrons. The number of nitrogens with zero attached hydrogens (tertiary/aromatic N) is 3. The van der Waals surface area contributed by atoms with E-state index in [1.54, 1.807) is 5.56 Å². The van der Waals surface area contributed by atoms with E-state index in [-0.39, 0.29) is 6.17 Å². The first-order valence-corrected chi connectivity index (χ1v) is 11.9. The molecule has 0 N–H and O–H groups in total. The van der Waals surface area contributed by atoms with Gasteiger partial charge in [-0.05, 0) is 80.4 Å². The van der Waals surface area contributed by atoms with Gasteiger partial charge >= 0.3 is 0 Å². The van der Waals surface area contributed by atoms with Crippen molar-refractivity contribution in [3.63, 3.8) is 0 Å². The molecule has 1 aromatic carbocycles. The molecule has 3 fully saturated rings. The Balaban J connectivity index is 1.39. The maximum absolute atomic E-state index is 12.3. The number of hydroxylamine groups is 2. The summed E-state index contributed by atoms with van der Waals surface area (Å²) < 4.78 is 0. The van der Waals surface area contributed by atoms with Crippen molar-refractivity contribution in [3.05, 3.63) is 35.0 Å². The highest BCUT2D eigenvalue weighted by molar-refractivity contribution is 5.55. The zero-order valence-electron chi connectivity index (χ0n) is 18.8. The first-order chi connectivity index (χ1) is 13.9. The quantitative estimate of drug-likeness (QED) is 0.679. The minimum atomic E-state index is 0.119. The number of hydrogen-bond donors (Lipinski definition) is 0. The Morgan fingerprint density at radius 1 is 0.828 bits per heavy atom. The second-order valence-electron chi connectivity index (χ2n) is 10.6. The SMILES string of the molecule is CC(C)(C)C1CCC(c2ccccc2N2CCN(C3CCCCN3[O-])CC2)CC1. The van der Waals surface area contributed by atoms with Crippen LogP contribution in [-0.2, 0) is 0 Å². The van der Waals surface area contributed by atoms with Gasteiger partial charge in [-0.25, -0.2) is 0 Å². The normalized spacial score (nSPS) is 30.5. The average molecular weight is 399 g/mol. The number of hydrogen-bond acceptors (Lipinski definition) is 4. The number of anilines is 1. The van der Waals surface area contributed by atoms with Crippen molar-refractivity contribution in [3.8, 4) is 0 Å². The van der Waals surface area contributed by atoms with E-state index in [1.807, 2.05) is 0 Å². The van der Waals surface area contributed by atoms with E-state index < -0.39 is 0 Å². The van der Waals surface area contributed by atoms with Crippen LogP contribution in [0.3, 0.4) is 0 Å². The molecule has 0 spiro atoms. The summed E-state index contributed by atoms with van der Waals surface area (Å²) in [5, 5.41) is 13.6. The Labute approximate surface area is 177 Å². The molecule has 4 rings (SSSR count). The Kier molecular flexibility index (Phi) is 6.53. The molecule has 3 aliphatic rings. The predicted octanol–water partition coefficient (Wildman–Crippen LogP) is 5.44. The number of piperidine rings is 1. The summed E-state index contributed by atoms with van der Waals surface area (Å²) in [6.45, 7) is 12.0. The Bertz CT molecular complexity index is 654. The highest BCUT2D eigenvalue weighted by Gasteiger charge is 2.32. The largest absolute Gasteiger partial charge is 0.784 e. The molecule has 0 amide bonds. The fourth-order valence-electron chi connectivity index (χ4n) is 5.90. The Morgan fingerprint density at radius 3 is 2.17 bits per heavy atom. The molecule has 0 aromatic heterocycles. The van der Waals surface area contributed by atoms with Gasteiger partial charge in [0.15, 0.2) is 0 Å². The van der Waals surface area contributed by atoms with Crippen LogP contribution in [0.5, 0.6) is 0 Å².